The van der Waals surface area contributed by atoms with Gasteiger partial charge in [-0.3, -0.25) is 10.2 Å². The first-order chi connectivity index (χ1) is 8.36. The Morgan fingerprint density at radius 1 is 1.67 bits per heavy atom. The second-order valence-electron chi connectivity index (χ2n) is 3.19. The van der Waals surface area contributed by atoms with Crippen LogP contribution in [-0.4, -0.2) is 38.1 Å². The zero-order valence-electron chi connectivity index (χ0n) is 9.26. The van der Waals surface area contributed by atoms with Crippen LogP contribution in [0.5, 0.6) is 0 Å². The number of hydrazine groups is 1. The fourth-order valence-corrected chi connectivity index (χ4v) is 0.980. The van der Waals surface area contributed by atoms with Gasteiger partial charge in [0.25, 0.3) is 0 Å². The maximum atomic E-state index is 13.3. The number of amides is 1. The Balaban J connectivity index is 2.68. The summed E-state index contributed by atoms with van der Waals surface area (Å²) in [6.07, 6.45) is 0.757. The van der Waals surface area contributed by atoms with Crippen LogP contribution in [0.2, 0.25) is 0 Å². The average Bonchev–Trinajstić information content (AvgIpc) is 2.73. The highest BCUT2D eigenvalue weighted by Crippen LogP contribution is 2.16. The SMILES string of the molecule is CCNNC(=O)C(F)(F)Cn1cnc([N+](=O)[O-])n1. The molecule has 18 heavy (non-hydrogen) atoms. The molecule has 2 N–H and O–H groups in total. The molecule has 0 saturated heterocycles. The van der Waals surface area contributed by atoms with E-state index in [0.717, 1.165) is 6.33 Å². The molecular formula is C7H10F2N6O3. The lowest BCUT2D eigenvalue weighted by molar-refractivity contribution is -0.394. The molecule has 0 atom stereocenters. The van der Waals surface area contributed by atoms with E-state index >= 15 is 0 Å². The van der Waals surface area contributed by atoms with Gasteiger partial charge in [0.15, 0.2) is 0 Å². The lowest BCUT2D eigenvalue weighted by Gasteiger charge is -2.14. The van der Waals surface area contributed by atoms with E-state index in [1.165, 1.54) is 0 Å². The maximum Gasteiger partial charge on any atom is 0.490 e. The molecule has 0 aromatic carbocycles. The molecule has 0 fully saturated rings. The van der Waals surface area contributed by atoms with E-state index < -0.39 is 29.2 Å². The summed E-state index contributed by atoms with van der Waals surface area (Å²) in [6.45, 7) is 0.751. The Hall–Kier alpha value is -2.17. The smallest absolute Gasteiger partial charge is 0.390 e. The fourth-order valence-electron chi connectivity index (χ4n) is 0.980. The molecule has 1 aromatic rings. The third-order valence-electron chi connectivity index (χ3n) is 1.76. The summed E-state index contributed by atoms with van der Waals surface area (Å²) in [5, 5.41) is 13.4. The lowest BCUT2D eigenvalue weighted by atomic mass is 10.3. The molecule has 1 rings (SSSR count). The summed E-state index contributed by atoms with van der Waals surface area (Å²) in [6, 6.07) is 0. The van der Waals surface area contributed by atoms with Gasteiger partial charge in [-0.15, -0.1) is 0 Å². The van der Waals surface area contributed by atoms with Gasteiger partial charge in [-0.05, 0) is 4.92 Å². The zero-order chi connectivity index (χ0) is 13.8. The lowest BCUT2D eigenvalue weighted by Crippen LogP contribution is -2.48. The van der Waals surface area contributed by atoms with Gasteiger partial charge in [-0.25, -0.2) is 5.43 Å². The number of alkyl halides is 2. The summed E-state index contributed by atoms with van der Waals surface area (Å²) in [5.41, 5.74) is 4.02. The van der Waals surface area contributed by atoms with Crippen LogP contribution in [0.25, 0.3) is 0 Å². The van der Waals surface area contributed by atoms with Crippen LogP contribution in [0, 0.1) is 10.1 Å². The van der Waals surface area contributed by atoms with Crippen LogP contribution in [0.4, 0.5) is 14.7 Å². The molecule has 1 amide bonds. The summed E-state index contributed by atoms with van der Waals surface area (Å²) in [7, 11) is 0. The number of nitrogens with one attached hydrogen (secondary N) is 2. The third-order valence-corrected chi connectivity index (χ3v) is 1.76. The number of nitro groups is 1. The van der Waals surface area contributed by atoms with Crippen LogP contribution >= 0.6 is 0 Å². The standard InChI is InChI=1S/C7H10F2N6O3/c1-2-11-12-5(16)7(8,9)3-14-4-10-6(13-14)15(17)18/h4,11H,2-3H2,1H3,(H,12,16). The molecular weight excluding hydrogens is 254 g/mol. The molecule has 0 aliphatic carbocycles. The van der Waals surface area contributed by atoms with Gasteiger partial charge in [-0.2, -0.15) is 13.5 Å². The predicted molar refractivity (Wildman–Crippen MR) is 53.4 cm³/mol. The van der Waals surface area contributed by atoms with Crippen molar-refractivity contribution in [3.63, 3.8) is 0 Å². The van der Waals surface area contributed by atoms with Crippen LogP contribution in [0.15, 0.2) is 6.33 Å². The minimum atomic E-state index is -3.76. The molecule has 0 aliphatic rings. The molecule has 1 heterocycles. The minimum Gasteiger partial charge on any atom is -0.390 e. The highest BCUT2D eigenvalue weighted by Gasteiger charge is 2.40. The molecule has 0 bridgehead atoms. The maximum absolute atomic E-state index is 13.3. The molecule has 0 saturated carbocycles. The van der Waals surface area contributed by atoms with Crippen molar-refractivity contribution < 1.29 is 18.5 Å². The molecule has 0 unspecified atom stereocenters. The molecule has 9 nitrogen and oxygen atoms in total. The van der Waals surface area contributed by atoms with E-state index in [4.69, 9.17) is 0 Å². The summed E-state index contributed by atoms with van der Waals surface area (Å²) >= 11 is 0. The highest BCUT2D eigenvalue weighted by atomic mass is 19.3. The Morgan fingerprint density at radius 2 is 2.33 bits per heavy atom. The van der Waals surface area contributed by atoms with Crippen molar-refractivity contribution in [2.24, 2.45) is 0 Å². The second kappa shape index (κ2) is 5.44. The van der Waals surface area contributed by atoms with Crippen molar-refractivity contribution in [2.45, 2.75) is 19.4 Å². The van der Waals surface area contributed by atoms with Gasteiger partial charge in [0, 0.05) is 11.6 Å². The van der Waals surface area contributed by atoms with Gasteiger partial charge in [0.05, 0.1) is 0 Å². The zero-order valence-corrected chi connectivity index (χ0v) is 9.26. The summed E-state index contributed by atoms with van der Waals surface area (Å²) in [5.74, 6) is -6.12. The molecule has 100 valence electrons. The van der Waals surface area contributed by atoms with Gasteiger partial charge >= 0.3 is 17.8 Å². The van der Waals surface area contributed by atoms with Crippen LogP contribution in [-0.2, 0) is 11.3 Å². The highest BCUT2D eigenvalue weighted by molar-refractivity contribution is 5.82. The van der Waals surface area contributed by atoms with Crippen molar-refractivity contribution in [3.8, 4) is 0 Å². The molecule has 0 aliphatic heterocycles. The second-order valence-corrected chi connectivity index (χ2v) is 3.19. The minimum absolute atomic E-state index is 0.274. The molecule has 0 radical (unpaired) electrons. The Bertz CT molecular complexity index is 448. The van der Waals surface area contributed by atoms with E-state index in [1.807, 2.05) is 0 Å². The van der Waals surface area contributed by atoms with Crippen LogP contribution in [0.1, 0.15) is 6.92 Å². The van der Waals surface area contributed by atoms with Crippen molar-refractivity contribution in [1.82, 2.24) is 25.6 Å². The fraction of sp³-hybridized carbons (Fsp3) is 0.571. The number of rotatable bonds is 6. The molecule has 1 aromatic heterocycles. The number of carbonyl (C=O) groups excluding carboxylic acids is 1. The van der Waals surface area contributed by atoms with Gasteiger partial charge in [0.1, 0.15) is 6.54 Å². The van der Waals surface area contributed by atoms with E-state index in [-0.39, 0.29) is 6.54 Å². The summed E-state index contributed by atoms with van der Waals surface area (Å²) in [4.78, 5) is 23.6. The van der Waals surface area contributed by atoms with Crippen molar-refractivity contribution in [1.29, 1.82) is 0 Å². The normalized spacial score (nSPS) is 11.3. The van der Waals surface area contributed by atoms with Gasteiger partial charge in [0.2, 0.25) is 6.33 Å². The Labute approximate surface area is 99.3 Å². The topological polar surface area (TPSA) is 115 Å². The van der Waals surface area contributed by atoms with E-state index in [9.17, 15) is 23.7 Å². The van der Waals surface area contributed by atoms with Crippen molar-refractivity contribution in [2.75, 3.05) is 6.54 Å². The van der Waals surface area contributed by atoms with E-state index in [2.05, 4.69) is 15.5 Å². The average molecular weight is 264 g/mol. The Kier molecular flexibility index (Phi) is 4.20. The number of hydrogen-bond donors (Lipinski definition) is 2. The van der Waals surface area contributed by atoms with Gasteiger partial charge in [-0.1, -0.05) is 11.9 Å². The van der Waals surface area contributed by atoms with Gasteiger partial charge < -0.3 is 10.1 Å². The largest absolute Gasteiger partial charge is 0.490 e. The third kappa shape index (κ3) is 3.41. The number of aromatic nitrogens is 3. The van der Waals surface area contributed by atoms with E-state index in [0.29, 0.717) is 4.68 Å². The number of nitrogens with zero attached hydrogens (tertiary/aromatic N) is 4. The Morgan fingerprint density at radius 3 is 2.83 bits per heavy atom. The quantitative estimate of drug-likeness (QED) is 0.526. The predicted octanol–water partition coefficient (Wildman–Crippen LogP) is -0.538. The number of carbonyl (C=O) groups is 1. The first-order valence-electron chi connectivity index (χ1n) is 4.81. The molecule has 11 heteroatoms. The van der Waals surface area contributed by atoms with Crippen LogP contribution in [0.3, 0.4) is 0 Å². The first kappa shape index (κ1) is 13.9. The monoisotopic (exact) mass is 264 g/mol. The van der Waals surface area contributed by atoms with E-state index in [1.54, 1.807) is 12.3 Å². The first-order valence-corrected chi connectivity index (χ1v) is 4.81. The van der Waals surface area contributed by atoms with Crippen LogP contribution < -0.4 is 10.9 Å². The summed E-state index contributed by atoms with van der Waals surface area (Å²) < 4.78 is 27.2. The van der Waals surface area contributed by atoms with Crippen molar-refractivity contribution >= 4 is 11.9 Å². The number of hydrogen-bond acceptors (Lipinski definition) is 6. The van der Waals surface area contributed by atoms with Crippen molar-refractivity contribution in [3.05, 3.63) is 16.4 Å². The number of halogens is 2. The molecule has 0 spiro atoms.